The summed E-state index contributed by atoms with van der Waals surface area (Å²) in [5.74, 6) is -5.42. The van der Waals surface area contributed by atoms with Crippen molar-refractivity contribution in [2.75, 3.05) is 18.0 Å². The topological polar surface area (TPSA) is 113 Å². The Bertz CT molecular complexity index is 904. The van der Waals surface area contributed by atoms with Gasteiger partial charge in [-0.15, -0.1) is 0 Å². The van der Waals surface area contributed by atoms with Crippen molar-refractivity contribution in [1.29, 1.82) is 0 Å². The van der Waals surface area contributed by atoms with Crippen LogP contribution in [0.2, 0.25) is 0 Å². The fourth-order valence-corrected chi connectivity index (χ4v) is 3.99. The third kappa shape index (κ3) is 3.03. The van der Waals surface area contributed by atoms with E-state index in [0.29, 0.717) is 5.69 Å². The van der Waals surface area contributed by atoms with Gasteiger partial charge in [0.15, 0.2) is 0 Å². The van der Waals surface area contributed by atoms with Crippen molar-refractivity contribution >= 4 is 29.3 Å². The molecule has 0 saturated carbocycles. The van der Waals surface area contributed by atoms with E-state index in [0.717, 1.165) is 4.90 Å². The Morgan fingerprint density at radius 3 is 2.50 bits per heavy atom. The molecule has 4 amide bonds. The van der Waals surface area contributed by atoms with Crippen molar-refractivity contribution < 1.29 is 28.0 Å². The number of nitrogens with one attached hydrogen (secondary N) is 1. The third-order valence-corrected chi connectivity index (χ3v) is 5.23. The average Bonchev–Trinajstić information content (AvgIpc) is 2.84. The molecule has 8 nitrogen and oxygen atoms in total. The van der Waals surface area contributed by atoms with E-state index in [1.807, 2.05) is 0 Å². The van der Waals surface area contributed by atoms with Crippen LogP contribution >= 0.6 is 0 Å². The molecule has 28 heavy (non-hydrogen) atoms. The zero-order chi connectivity index (χ0) is 20.2. The number of carbonyl (C=O) groups excluding carboxylic acids is 4. The molecule has 2 saturated heterocycles. The maximum Gasteiger partial charge on any atom is 0.266 e. The normalized spacial score (nSPS) is 27.1. The van der Waals surface area contributed by atoms with Gasteiger partial charge in [0.05, 0.1) is 17.7 Å². The molecule has 1 aromatic carbocycles. The second-order valence-electron chi connectivity index (χ2n) is 7.38. The molecule has 0 spiro atoms. The third-order valence-electron chi connectivity index (χ3n) is 5.23. The van der Waals surface area contributed by atoms with Gasteiger partial charge >= 0.3 is 0 Å². The summed E-state index contributed by atoms with van der Waals surface area (Å²) in [4.78, 5) is 51.1. The molecule has 0 aromatic heterocycles. The van der Waals surface area contributed by atoms with E-state index >= 15 is 0 Å². The van der Waals surface area contributed by atoms with Crippen molar-refractivity contribution in [2.24, 2.45) is 5.73 Å². The van der Waals surface area contributed by atoms with Crippen LogP contribution in [0.1, 0.15) is 40.0 Å². The zero-order valence-electron chi connectivity index (χ0n) is 14.8. The van der Waals surface area contributed by atoms with Gasteiger partial charge in [-0.3, -0.25) is 29.4 Å². The lowest BCUT2D eigenvalue weighted by Crippen LogP contribution is -2.54. The van der Waals surface area contributed by atoms with E-state index in [2.05, 4.69) is 5.32 Å². The summed E-state index contributed by atoms with van der Waals surface area (Å²) in [7, 11) is 0. The Kier molecular flexibility index (Phi) is 4.18. The van der Waals surface area contributed by atoms with Crippen molar-refractivity contribution in [2.45, 2.75) is 37.3 Å². The summed E-state index contributed by atoms with van der Waals surface area (Å²) < 4.78 is 27.7. The fourth-order valence-electron chi connectivity index (χ4n) is 3.99. The van der Waals surface area contributed by atoms with Gasteiger partial charge in [0, 0.05) is 31.1 Å². The van der Waals surface area contributed by atoms with E-state index in [1.165, 1.54) is 23.1 Å². The first kappa shape index (κ1) is 18.5. The van der Waals surface area contributed by atoms with Gasteiger partial charge in [-0.05, 0) is 24.6 Å². The predicted molar refractivity (Wildman–Crippen MR) is 92.9 cm³/mol. The van der Waals surface area contributed by atoms with Crippen molar-refractivity contribution in [3.63, 3.8) is 0 Å². The van der Waals surface area contributed by atoms with Gasteiger partial charge < -0.3 is 10.6 Å². The Morgan fingerprint density at radius 2 is 1.82 bits per heavy atom. The molecule has 1 aromatic rings. The smallest absolute Gasteiger partial charge is 0.266 e. The van der Waals surface area contributed by atoms with Crippen LogP contribution < -0.4 is 16.0 Å². The first-order valence-corrected chi connectivity index (χ1v) is 8.90. The van der Waals surface area contributed by atoms with Crippen LogP contribution in [0.25, 0.3) is 0 Å². The van der Waals surface area contributed by atoms with E-state index in [4.69, 9.17) is 5.73 Å². The number of amides is 4. The number of nitrogens with zero attached hydrogens (tertiary/aromatic N) is 2. The molecule has 3 aliphatic heterocycles. The standard InChI is InChI=1S/C18H18F2N4O4/c19-18(20)6-9(21)7-23(8-18)10-1-2-11-12(5-10)17(28)24(16(11)27)13-3-4-14(25)22-15(13)26/h1-2,5,9,13H,3-4,6-8,21H2,(H,22,25,26)/t9-,13?/m0/s1. The highest BCUT2D eigenvalue weighted by atomic mass is 19.3. The molecule has 0 radical (unpaired) electrons. The number of carbonyl (C=O) groups is 4. The van der Waals surface area contributed by atoms with Gasteiger partial charge in [0.1, 0.15) is 6.04 Å². The van der Waals surface area contributed by atoms with Gasteiger partial charge in [0.25, 0.3) is 17.7 Å². The molecule has 148 valence electrons. The SMILES string of the molecule is N[C@@H]1CN(c2ccc3c(c2)C(=O)N(C2CCC(=O)NC2=O)C3=O)CC(F)(F)C1. The Balaban J connectivity index is 1.63. The minimum absolute atomic E-state index is 0.0236. The molecule has 10 heteroatoms. The monoisotopic (exact) mass is 392 g/mol. The maximum absolute atomic E-state index is 13.9. The summed E-state index contributed by atoms with van der Waals surface area (Å²) in [6.45, 7) is -0.328. The van der Waals surface area contributed by atoms with Crippen LogP contribution in [0.5, 0.6) is 0 Å². The summed E-state index contributed by atoms with van der Waals surface area (Å²) in [5.41, 5.74) is 6.24. The molecule has 3 heterocycles. The van der Waals surface area contributed by atoms with Crippen molar-refractivity contribution in [1.82, 2.24) is 10.2 Å². The van der Waals surface area contributed by atoms with E-state index in [1.54, 1.807) is 0 Å². The number of halogens is 2. The second-order valence-corrected chi connectivity index (χ2v) is 7.38. The van der Waals surface area contributed by atoms with Crippen LogP contribution in [0.3, 0.4) is 0 Å². The van der Waals surface area contributed by atoms with Crippen LogP contribution in [0.4, 0.5) is 14.5 Å². The number of alkyl halides is 2. The molecule has 3 N–H and O–H groups in total. The van der Waals surface area contributed by atoms with Crippen LogP contribution in [0.15, 0.2) is 18.2 Å². The number of anilines is 1. The summed E-state index contributed by atoms with van der Waals surface area (Å²) >= 11 is 0. The van der Waals surface area contributed by atoms with E-state index in [-0.39, 0.29) is 30.5 Å². The number of fused-ring (bicyclic) bond motifs is 1. The number of benzene rings is 1. The van der Waals surface area contributed by atoms with Gasteiger partial charge in [-0.25, -0.2) is 8.78 Å². The average molecular weight is 392 g/mol. The number of rotatable bonds is 2. The van der Waals surface area contributed by atoms with Crippen molar-refractivity contribution in [3.8, 4) is 0 Å². The molecule has 2 fully saturated rings. The number of hydrogen-bond acceptors (Lipinski definition) is 6. The van der Waals surface area contributed by atoms with Gasteiger partial charge in [0.2, 0.25) is 11.8 Å². The highest BCUT2D eigenvalue weighted by molar-refractivity contribution is 6.23. The second kappa shape index (κ2) is 6.33. The number of imide groups is 2. The van der Waals surface area contributed by atoms with Crippen LogP contribution in [-0.2, 0) is 9.59 Å². The molecule has 0 bridgehead atoms. The lowest BCUT2D eigenvalue weighted by atomic mass is 10.0. The number of piperidine rings is 2. The quantitative estimate of drug-likeness (QED) is 0.699. The Morgan fingerprint density at radius 1 is 1.11 bits per heavy atom. The minimum Gasteiger partial charge on any atom is -0.364 e. The van der Waals surface area contributed by atoms with Crippen LogP contribution in [0, 0.1) is 0 Å². The first-order chi connectivity index (χ1) is 13.2. The van der Waals surface area contributed by atoms with Crippen molar-refractivity contribution in [3.05, 3.63) is 29.3 Å². The molecule has 4 rings (SSSR count). The molecule has 3 aliphatic rings. The predicted octanol–water partition coefficient (Wildman–Crippen LogP) is 0.260. The summed E-state index contributed by atoms with van der Waals surface area (Å²) in [6.07, 6.45) is -0.332. The lowest BCUT2D eigenvalue weighted by molar-refractivity contribution is -0.136. The molecule has 1 unspecified atom stereocenters. The Hall–Kier alpha value is -2.88. The maximum atomic E-state index is 13.9. The lowest BCUT2D eigenvalue weighted by Gasteiger charge is -2.37. The molecule has 2 atom stereocenters. The first-order valence-electron chi connectivity index (χ1n) is 8.90. The fraction of sp³-hybridized carbons (Fsp3) is 0.444. The van der Waals surface area contributed by atoms with Crippen LogP contribution in [-0.4, -0.2) is 59.6 Å². The molecular formula is C18H18F2N4O4. The largest absolute Gasteiger partial charge is 0.364 e. The summed E-state index contributed by atoms with van der Waals surface area (Å²) in [5, 5.41) is 2.12. The van der Waals surface area contributed by atoms with Gasteiger partial charge in [-0.1, -0.05) is 0 Å². The minimum atomic E-state index is -2.95. The Labute approximate surface area is 158 Å². The van der Waals surface area contributed by atoms with E-state index < -0.39 is 54.6 Å². The highest BCUT2D eigenvalue weighted by Gasteiger charge is 2.45. The molecular weight excluding hydrogens is 374 g/mol. The number of hydrogen-bond donors (Lipinski definition) is 2. The number of nitrogens with two attached hydrogens (primary N) is 1. The zero-order valence-corrected chi connectivity index (χ0v) is 14.8. The summed E-state index contributed by atoms with van der Waals surface area (Å²) in [6, 6.07) is 2.49. The highest BCUT2D eigenvalue weighted by Crippen LogP contribution is 2.34. The van der Waals surface area contributed by atoms with Gasteiger partial charge in [-0.2, -0.15) is 0 Å². The van der Waals surface area contributed by atoms with E-state index in [9.17, 15) is 28.0 Å². The molecule has 0 aliphatic carbocycles.